The van der Waals surface area contributed by atoms with Gasteiger partial charge >= 0.3 is 0 Å². The molecule has 2 amide bonds. The molecule has 8 heteroatoms. The summed E-state index contributed by atoms with van der Waals surface area (Å²) in [7, 11) is 2.88. The Hall–Kier alpha value is -3.29. The Morgan fingerprint density at radius 3 is 2.38 bits per heavy atom. The predicted molar refractivity (Wildman–Crippen MR) is 97.9 cm³/mol. The molecule has 0 saturated heterocycles. The molecule has 138 valence electrons. The number of methoxy groups -OCH3 is 2. The predicted octanol–water partition coefficient (Wildman–Crippen LogP) is 1.77. The molecular weight excluding hydrogens is 338 g/mol. The SMILES string of the molecule is COc1ccc(NC(C)=O)cc1NC(=O)Cn1cc(OC)c(=O)cc1C. The number of carbonyl (C=O) groups is 2. The third-order valence-corrected chi connectivity index (χ3v) is 3.64. The van der Waals surface area contributed by atoms with E-state index in [4.69, 9.17) is 9.47 Å². The molecule has 0 aliphatic heterocycles. The average molecular weight is 359 g/mol. The minimum atomic E-state index is -0.322. The normalized spacial score (nSPS) is 10.2. The van der Waals surface area contributed by atoms with Gasteiger partial charge in [-0.1, -0.05) is 0 Å². The number of amides is 2. The van der Waals surface area contributed by atoms with Crippen LogP contribution in [0.15, 0.2) is 35.3 Å². The highest BCUT2D eigenvalue weighted by Gasteiger charge is 2.12. The van der Waals surface area contributed by atoms with Gasteiger partial charge < -0.3 is 24.7 Å². The van der Waals surface area contributed by atoms with E-state index in [9.17, 15) is 14.4 Å². The first-order valence-corrected chi connectivity index (χ1v) is 7.84. The first-order valence-electron chi connectivity index (χ1n) is 7.84. The molecule has 2 aromatic rings. The van der Waals surface area contributed by atoms with Crippen molar-refractivity contribution in [3.63, 3.8) is 0 Å². The topological polar surface area (TPSA) is 98.7 Å². The van der Waals surface area contributed by atoms with Crippen molar-refractivity contribution in [2.75, 3.05) is 24.9 Å². The van der Waals surface area contributed by atoms with E-state index in [1.165, 1.54) is 33.4 Å². The summed E-state index contributed by atoms with van der Waals surface area (Å²) in [6.45, 7) is 3.11. The van der Waals surface area contributed by atoms with Gasteiger partial charge in [-0.2, -0.15) is 0 Å². The lowest BCUT2D eigenvalue weighted by molar-refractivity contribution is -0.117. The minimum absolute atomic E-state index is 0.0179. The highest BCUT2D eigenvalue weighted by atomic mass is 16.5. The highest BCUT2D eigenvalue weighted by molar-refractivity contribution is 5.94. The maximum atomic E-state index is 12.4. The van der Waals surface area contributed by atoms with E-state index < -0.39 is 0 Å². The molecule has 2 N–H and O–H groups in total. The smallest absolute Gasteiger partial charge is 0.244 e. The molecule has 0 aliphatic rings. The Morgan fingerprint density at radius 1 is 1.08 bits per heavy atom. The van der Waals surface area contributed by atoms with Crippen LogP contribution in [0.3, 0.4) is 0 Å². The Labute approximate surface area is 150 Å². The van der Waals surface area contributed by atoms with Crippen LogP contribution in [0.4, 0.5) is 11.4 Å². The third-order valence-electron chi connectivity index (χ3n) is 3.64. The van der Waals surface area contributed by atoms with Gasteiger partial charge in [-0.3, -0.25) is 14.4 Å². The number of nitrogens with one attached hydrogen (secondary N) is 2. The molecule has 1 aromatic heterocycles. The minimum Gasteiger partial charge on any atom is -0.495 e. The molecule has 0 saturated carbocycles. The molecule has 0 spiro atoms. The monoisotopic (exact) mass is 359 g/mol. The molecule has 0 atom stereocenters. The molecule has 8 nitrogen and oxygen atoms in total. The molecule has 1 heterocycles. The lowest BCUT2D eigenvalue weighted by Crippen LogP contribution is -2.22. The number of anilines is 2. The largest absolute Gasteiger partial charge is 0.495 e. The summed E-state index contributed by atoms with van der Waals surface area (Å²) in [5, 5.41) is 5.40. The molecule has 0 fully saturated rings. The van der Waals surface area contributed by atoms with Crippen LogP contribution in [0.5, 0.6) is 11.5 Å². The van der Waals surface area contributed by atoms with Crippen LogP contribution < -0.4 is 25.5 Å². The first-order chi connectivity index (χ1) is 12.3. The van der Waals surface area contributed by atoms with Crippen molar-refractivity contribution < 1.29 is 19.1 Å². The van der Waals surface area contributed by atoms with Crippen LogP contribution >= 0.6 is 0 Å². The van der Waals surface area contributed by atoms with Gasteiger partial charge in [0.25, 0.3) is 0 Å². The number of rotatable bonds is 6. The number of ether oxygens (including phenoxy) is 2. The zero-order valence-corrected chi connectivity index (χ0v) is 15.1. The fourth-order valence-corrected chi connectivity index (χ4v) is 2.41. The zero-order valence-electron chi connectivity index (χ0n) is 15.1. The number of aromatic nitrogens is 1. The van der Waals surface area contributed by atoms with Crippen LogP contribution in [-0.4, -0.2) is 30.6 Å². The third kappa shape index (κ3) is 4.62. The van der Waals surface area contributed by atoms with Crippen molar-refractivity contribution in [1.82, 2.24) is 4.57 Å². The standard InChI is InChI=1S/C18H21N3O5/c1-11-7-15(23)17(26-4)9-21(11)10-18(24)20-14-8-13(19-12(2)22)5-6-16(14)25-3/h5-9H,10H2,1-4H3,(H,19,22)(H,20,24). The molecule has 2 rings (SSSR count). The number of aryl methyl sites for hydroxylation is 1. The van der Waals surface area contributed by atoms with Crippen molar-refractivity contribution in [3.8, 4) is 11.5 Å². The summed E-state index contributed by atoms with van der Waals surface area (Å²) >= 11 is 0. The van der Waals surface area contributed by atoms with Crippen LogP contribution in [0.1, 0.15) is 12.6 Å². The van der Waals surface area contributed by atoms with Crippen molar-refractivity contribution in [2.24, 2.45) is 0 Å². The van der Waals surface area contributed by atoms with E-state index in [1.54, 1.807) is 29.7 Å². The lowest BCUT2D eigenvalue weighted by Gasteiger charge is -2.15. The number of carbonyl (C=O) groups excluding carboxylic acids is 2. The van der Waals surface area contributed by atoms with Gasteiger partial charge in [0, 0.05) is 24.4 Å². The Kier molecular flexibility index (Phi) is 6.00. The van der Waals surface area contributed by atoms with E-state index in [1.807, 2.05) is 0 Å². The fourth-order valence-electron chi connectivity index (χ4n) is 2.41. The maximum absolute atomic E-state index is 12.4. The molecule has 0 aliphatic carbocycles. The van der Waals surface area contributed by atoms with Crippen molar-refractivity contribution in [2.45, 2.75) is 20.4 Å². The highest BCUT2D eigenvalue weighted by Crippen LogP contribution is 2.28. The number of pyridine rings is 1. The van der Waals surface area contributed by atoms with Crippen molar-refractivity contribution >= 4 is 23.2 Å². The Balaban J connectivity index is 2.22. The number of hydrogen-bond donors (Lipinski definition) is 2. The van der Waals surface area contributed by atoms with Gasteiger partial charge in [-0.25, -0.2) is 0 Å². The second-order valence-electron chi connectivity index (χ2n) is 5.62. The summed E-state index contributed by atoms with van der Waals surface area (Å²) in [6.07, 6.45) is 1.49. The summed E-state index contributed by atoms with van der Waals surface area (Å²) in [5.74, 6) is 0.0794. The quantitative estimate of drug-likeness (QED) is 0.819. The summed E-state index contributed by atoms with van der Waals surface area (Å²) in [4.78, 5) is 35.3. The summed E-state index contributed by atoms with van der Waals surface area (Å²) in [6, 6.07) is 6.34. The van der Waals surface area contributed by atoms with Gasteiger partial charge in [0.15, 0.2) is 5.75 Å². The Bertz CT molecular complexity index is 889. The number of hydrogen-bond acceptors (Lipinski definition) is 5. The van der Waals surface area contributed by atoms with Gasteiger partial charge in [-0.15, -0.1) is 0 Å². The second-order valence-corrected chi connectivity index (χ2v) is 5.62. The molecule has 0 radical (unpaired) electrons. The number of benzene rings is 1. The van der Waals surface area contributed by atoms with Crippen LogP contribution in [0, 0.1) is 6.92 Å². The number of nitrogens with zero attached hydrogens (tertiary/aromatic N) is 1. The van der Waals surface area contributed by atoms with E-state index >= 15 is 0 Å². The van der Waals surface area contributed by atoms with Crippen LogP contribution in [-0.2, 0) is 16.1 Å². The zero-order chi connectivity index (χ0) is 19.3. The molecular formula is C18H21N3O5. The van der Waals surface area contributed by atoms with E-state index in [0.717, 1.165) is 0 Å². The molecule has 0 unspecified atom stereocenters. The van der Waals surface area contributed by atoms with E-state index in [2.05, 4.69) is 10.6 Å². The van der Waals surface area contributed by atoms with E-state index in [-0.39, 0.29) is 29.5 Å². The second kappa shape index (κ2) is 8.19. The van der Waals surface area contributed by atoms with Crippen molar-refractivity contribution in [3.05, 3.63) is 46.4 Å². The van der Waals surface area contributed by atoms with E-state index in [0.29, 0.717) is 22.8 Å². The maximum Gasteiger partial charge on any atom is 0.244 e. The summed E-state index contributed by atoms with van der Waals surface area (Å²) in [5.41, 5.74) is 1.35. The van der Waals surface area contributed by atoms with Crippen LogP contribution in [0.25, 0.3) is 0 Å². The summed E-state index contributed by atoms with van der Waals surface area (Å²) < 4.78 is 11.9. The van der Waals surface area contributed by atoms with Gasteiger partial charge in [0.1, 0.15) is 12.3 Å². The molecule has 1 aromatic carbocycles. The van der Waals surface area contributed by atoms with Gasteiger partial charge in [-0.05, 0) is 25.1 Å². The molecule has 26 heavy (non-hydrogen) atoms. The van der Waals surface area contributed by atoms with Crippen molar-refractivity contribution in [1.29, 1.82) is 0 Å². The lowest BCUT2D eigenvalue weighted by atomic mass is 10.2. The Morgan fingerprint density at radius 2 is 1.77 bits per heavy atom. The molecule has 0 bridgehead atoms. The van der Waals surface area contributed by atoms with Crippen LogP contribution in [0.2, 0.25) is 0 Å². The fraction of sp³-hybridized carbons (Fsp3) is 0.278. The average Bonchev–Trinajstić information content (AvgIpc) is 2.57. The van der Waals surface area contributed by atoms with Gasteiger partial charge in [0.2, 0.25) is 17.2 Å². The van der Waals surface area contributed by atoms with Gasteiger partial charge in [0.05, 0.1) is 26.1 Å². The first kappa shape index (κ1) is 19.0.